The molecule has 17 heavy (non-hydrogen) atoms. The van der Waals surface area contributed by atoms with Crippen LogP contribution in [0.2, 0.25) is 0 Å². The Balaban J connectivity index is 2.07. The van der Waals surface area contributed by atoms with Gasteiger partial charge in [0.15, 0.2) is 0 Å². The van der Waals surface area contributed by atoms with Crippen LogP contribution in [0.3, 0.4) is 0 Å². The molecular weight excluding hydrogens is 232 g/mol. The topological polar surface area (TPSA) is 46.3 Å². The number of nitrogens with two attached hydrogens (primary N) is 1. The second-order valence-corrected chi connectivity index (χ2v) is 4.89. The van der Waals surface area contributed by atoms with E-state index in [0.29, 0.717) is 17.8 Å². The SMILES string of the molecule is CN(Cc1cccs1)C(=O)c1ccc(N)cc1. The lowest BCUT2D eigenvalue weighted by Crippen LogP contribution is -2.25. The van der Waals surface area contributed by atoms with Crippen molar-refractivity contribution >= 4 is 22.9 Å². The number of carbonyl (C=O) groups excluding carboxylic acids is 1. The lowest BCUT2D eigenvalue weighted by molar-refractivity contribution is 0.0786. The third kappa shape index (κ3) is 2.85. The molecule has 88 valence electrons. The lowest BCUT2D eigenvalue weighted by atomic mass is 10.2. The summed E-state index contributed by atoms with van der Waals surface area (Å²) in [4.78, 5) is 15.0. The first-order valence-corrected chi connectivity index (χ1v) is 6.18. The Morgan fingerprint density at radius 2 is 2.00 bits per heavy atom. The summed E-state index contributed by atoms with van der Waals surface area (Å²) in [6, 6.07) is 11.0. The summed E-state index contributed by atoms with van der Waals surface area (Å²) in [5.74, 6) is 0.0124. The fourth-order valence-corrected chi connectivity index (χ4v) is 2.31. The van der Waals surface area contributed by atoms with Gasteiger partial charge in [-0.05, 0) is 35.7 Å². The van der Waals surface area contributed by atoms with Gasteiger partial charge in [0.25, 0.3) is 5.91 Å². The van der Waals surface area contributed by atoms with E-state index in [2.05, 4.69) is 0 Å². The molecule has 0 radical (unpaired) electrons. The number of carbonyl (C=O) groups is 1. The maximum Gasteiger partial charge on any atom is 0.253 e. The van der Waals surface area contributed by atoms with Crippen LogP contribution in [0.15, 0.2) is 41.8 Å². The molecule has 1 aromatic carbocycles. The molecule has 0 aliphatic carbocycles. The Bertz CT molecular complexity index is 491. The number of thiophene rings is 1. The molecule has 0 fully saturated rings. The van der Waals surface area contributed by atoms with Gasteiger partial charge in [0.05, 0.1) is 6.54 Å². The van der Waals surface area contributed by atoms with Crippen LogP contribution >= 0.6 is 11.3 Å². The predicted molar refractivity (Wildman–Crippen MR) is 71.0 cm³/mol. The number of hydrogen-bond donors (Lipinski definition) is 1. The van der Waals surface area contributed by atoms with Gasteiger partial charge in [-0.1, -0.05) is 6.07 Å². The number of benzene rings is 1. The van der Waals surface area contributed by atoms with E-state index in [9.17, 15) is 4.79 Å². The van der Waals surface area contributed by atoms with Crippen molar-refractivity contribution in [3.63, 3.8) is 0 Å². The quantitative estimate of drug-likeness (QED) is 0.846. The highest BCUT2D eigenvalue weighted by atomic mass is 32.1. The van der Waals surface area contributed by atoms with E-state index in [4.69, 9.17) is 5.73 Å². The molecule has 2 aromatic rings. The third-order valence-electron chi connectivity index (χ3n) is 2.48. The van der Waals surface area contributed by atoms with Crippen LogP contribution in [-0.2, 0) is 6.54 Å². The molecule has 0 unspecified atom stereocenters. The zero-order valence-electron chi connectivity index (χ0n) is 9.59. The number of rotatable bonds is 3. The fraction of sp³-hybridized carbons (Fsp3) is 0.154. The molecule has 0 saturated carbocycles. The summed E-state index contributed by atoms with van der Waals surface area (Å²) in [6.45, 7) is 0.640. The summed E-state index contributed by atoms with van der Waals surface area (Å²) in [7, 11) is 1.80. The van der Waals surface area contributed by atoms with Crippen LogP contribution < -0.4 is 5.73 Å². The Morgan fingerprint density at radius 1 is 1.29 bits per heavy atom. The first kappa shape index (κ1) is 11.7. The Hall–Kier alpha value is -1.81. The zero-order chi connectivity index (χ0) is 12.3. The van der Waals surface area contributed by atoms with Gasteiger partial charge >= 0.3 is 0 Å². The molecule has 0 aliphatic heterocycles. The van der Waals surface area contributed by atoms with Gasteiger partial charge in [0, 0.05) is 23.2 Å². The van der Waals surface area contributed by atoms with Crippen LogP contribution in [0.5, 0.6) is 0 Å². The molecule has 3 nitrogen and oxygen atoms in total. The van der Waals surface area contributed by atoms with Gasteiger partial charge in [-0.25, -0.2) is 0 Å². The molecule has 0 spiro atoms. The molecule has 2 N–H and O–H groups in total. The van der Waals surface area contributed by atoms with E-state index in [1.54, 1.807) is 47.5 Å². The van der Waals surface area contributed by atoms with Crippen molar-refractivity contribution in [3.8, 4) is 0 Å². The maximum atomic E-state index is 12.1. The van der Waals surface area contributed by atoms with E-state index >= 15 is 0 Å². The van der Waals surface area contributed by atoms with E-state index in [-0.39, 0.29) is 5.91 Å². The van der Waals surface area contributed by atoms with Crippen LogP contribution in [0.25, 0.3) is 0 Å². The normalized spacial score (nSPS) is 10.2. The smallest absolute Gasteiger partial charge is 0.253 e. The molecule has 2 rings (SSSR count). The van der Waals surface area contributed by atoms with Crippen molar-refractivity contribution < 1.29 is 4.79 Å². The standard InChI is InChI=1S/C13H14N2OS/c1-15(9-12-3-2-8-17-12)13(16)10-4-6-11(14)7-5-10/h2-8H,9,14H2,1H3. The molecule has 0 atom stereocenters. The third-order valence-corrected chi connectivity index (χ3v) is 3.34. The van der Waals surface area contributed by atoms with Crippen LogP contribution in [0.4, 0.5) is 5.69 Å². The van der Waals surface area contributed by atoms with Gasteiger partial charge in [-0.3, -0.25) is 4.79 Å². The molecule has 0 bridgehead atoms. The summed E-state index contributed by atoms with van der Waals surface area (Å²) < 4.78 is 0. The molecule has 0 saturated heterocycles. The van der Waals surface area contributed by atoms with Crippen LogP contribution in [-0.4, -0.2) is 17.9 Å². The van der Waals surface area contributed by atoms with Crippen molar-refractivity contribution in [1.29, 1.82) is 0 Å². The first-order chi connectivity index (χ1) is 8.16. The maximum absolute atomic E-state index is 12.1. The molecule has 1 amide bonds. The highest BCUT2D eigenvalue weighted by Gasteiger charge is 2.11. The highest BCUT2D eigenvalue weighted by Crippen LogP contribution is 2.13. The highest BCUT2D eigenvalue weighted by molar-refractivity contribution is 7.09. The van der Waals surface area contributed by atoms with Gasteiger partial charge in [-0.2, -0.15) is 0 Å². The monoisotopic (exact) mass is 246 g/mol. The summed E-state index contributed by atoms with van der Waals surface area (Å²) in [5, 5.41) is 2.01. The predicted octanol–water partition coefficient (Wildman–Crippen LogP) is 2.60. The number of amides is 1. The van der Waals surface area contributed by atoms with Gasteiger partial charge < -0.3 is 10.6 Å². The van der Waals surface area contributed by atoms with E-state index in [1.165, 1.54) is 4.88 Å². The van der Waals surface area contributed by atoms with Gasteiger partial charge in [0.1, 0.15) is 0 Å². The number of anilines is 1. The summed E-state index contributed by atoms with van der Waals surface area (Å²) in [5.41, 5.74) is 6.92. The minimum Gasteiger partial charge on any atom is -0.399 e. The molecule has 1 heterocycles. The Kier molecular flexibility index (Phi) is 3.44. The number of nitrogens with zero attached hydrogens (tertiary/aromatic N) is 1. The summed E-state index contributed by atoms with van der Waals surface area (Å²) in [6.07, 6.45) is 0. The Morgan fingerprint density at radius 3 is 2.59 bits per heavy atom. The second kappa shape index (κ2) is 5.01. The van der Waals surface area contributed by atoms with Crippen molar-refractivity contribution in [2.24, 2.45) is 0 Å². The van der Waals surface area contributed by atoms with Crippen LogP contribution in [0.1, 0.15) is 15.2 Å². The van der Waals surface area contributed by atoms with Crippen LogP contribution in [0, 0.1) is 0 Å². The average molecular weight is 246 g/mol. The van der Waals surface area contributed by atoms with E-state index in [1.807, 2.05) is 17.5 Å². The first-order valence-electron chi connectivity index (χ1n) is 5.30. The Labute approximate surface area is 104 Å². The lowest BCUT2D eigenvalue weighted by Gasteiger charge is -2.16. The minimum absolute atomic E-state index is 0.0124. The van der Waals surface area contributed by atoms with Gasteiger partial charge in [-0.15, -0.1) is 11.3 Å². The molecule has 4 heteroatoms. The number of nitrogen functional groups attached to an aromatic ring is 1. The largest absolute Gasteiger partial charge is 0.399 e. The number of hydrogen-bond acceptors (Lipinski definition) is 3. The molecule has 1 aromatic heterocycles. The van der Waals surface area contributed by atoms with Crippen molar-refractivity contribution in [2.45, 2.75) is 6.54 Å². The van der Waals surface area contributed by atoms with Crippen molar-refractivity contribution in [1.82, 2.24) is 4.90 Å². The summed E-state index contributed by atoms with van der Waals surface area (Å²) >= 11 is 1.65. The average Bonchev–Trinajstić information content (AvgIpc) is 2.82. The van der Waals surface area contributed by atoms with Crippen molar-refractivity contribution in [3.05, 3.63) is 52.2 Å². The fourth-order valence-electron chi connectivity index (χ4n) is 1.55. The second-order valence-electron chi connectivity index (χ2n) is 3.86. The van der Waals surface area contributed by atoms with Gasteiger partial charge in [0.2, 0.25) is 0 Å². The molecular formula is C13H14N2OS. The zero-order valence-corrected chi connectivity index (χ0v) is 10.4. The minimum atomic E-state index is 0.0124. The van der Waals surface area contributed by atoms with E-state index in [0.717, 1.165) is 0 Å². The molecule has 0 aliphatic rings. The van der Waals surface area contributed by atoms with Crippen molar-refractivity contribution in [2.75, 3.05) is 12.8 Å². The van der Waals surface area contributed by atoms with E-state index < -0.39 is 0 Å².